The van der Waals surface area contributed by atoms with Gasteiger partial charge < -0.3 is 9.72 Å². The predicted octanol–water partition coefficient (Wildman–Crippen LogP) is 2.58. The molecule has 14 heavy (non-hydrogen) atoms. The Kier molecular flexibility index (Phi) is 2.96. The van der Waals surface area contributed by atoms with Crippen molar-refractivity contribution in [3.8, 4) is 5.75 Å². The van der Waals surface area contributed by atoms with E-state index in [1.165, 1.54) is 0 Å². The van der Waals surface area contributed by atoms with Crippen LogP contribution in [-0.2, 0) is 0 Å². The molecule has 3 nitrogen and oxygen atoms in total. The molecule has 1 aromatic rings. The van der Waals surface area contributed by atoms with E-state index in [2.05, 4.69) is 9.72 Å². The van der Waals surface area contributed by atoms with Gasteiger partial charge in [-0.3, -0.25) is 4.79 Å². The molecule has 1 rings (SSSR count). The van der Waals surface area contributed by atoms with E-state index in [1.807, 2.05) is 0 Å². The summed E-state index contributed by atoms with van der Waals surface area (Å²) < 4.78 is 38.5. The molecule has 0 fully saturated rings. The Morgan fingerprint density at radius 2 is 1.93 bits per heavy atom. The Labute approximate surface area is 85.4 Å². The van der Waals surface area contributed by atoms with Gasteiger partial charge in [0.1, 0.15) is 10.2 Å². The fourth-order valence-corrected chi connectivity index (χ4v) is 0.954. The van der Waals surface area contributed by atoms with Crippen molar-refractivity contribution >= 4 is 23.2 Å². The van der Waals surface area contributed by atoms with E-state index in [0.717, 1.165) is 0 Å². The molecule has 1 N–H and O–H groups in total. The van der Waals surface area contributed by atoms with Gasteiger partial charge in [0, 0.05) is 6.20 Å². The minimum absolute atomic E-state index is 0.244. The van der Waals surface area contributed by atoms with Gasteiger partial charge in [0.15, 0.2) is 5.75 Å². The highest BCUT2D eigenvalue weighted by molar-refractivity contribution is 6.41. The third-order valence-corrected chi connectivity index (χ3v) is 1.93. The Hall–Kier alpha value is -0.880. The minimum Gasteiger partial charge on any atom is -0.400 e. The summed E-state index contributed by atoms with van der Waals surface area (Å²) in [6.07, 6.45) is -4.26. The number of hydrogen-bond donors (Lipinski definition) is 1. The van der Waals surface area contributed by atoms with Gasteiger partial charge in [0.2, 0.25) is 5.43 Å². The lowest BCUT2D eigenvalue weighted by atomic mass is 10.4. The molecule has 0 spiro atoms. The van der Waals surface area contributed by atoms with Crippen LogP contribution in [0, 0.1) is 0 Å². The van der Waals surface area contributed by atoms with Crippen LogP contribution < -0.4 is 10.2 Å². The van der Waals surface area contributed by atoms with Crippen molar-refractivity contribution in [2.24, 2.45) is 0 Å². The molecule has 0 bridgehead atoms. The fourth-order valence-electron chi connectivity index (χ4n) is 0.666. The first kappa shape index (κ1) is 11.2. The van der Waals surface area contributed by atoms with Gasteiger partial charge in [-0.1, -0.05) is 23.2 Å². The van der Waals surface area contributed by atoms with Crippen LogP contribution in [0.5, 0.6) is 5.75 Å². The number of H-pyrrole nitrogens is 1. The maximum absolute atomic E-state index is 11.7. The molecule has 1 aromatic heterocycles. The molecule has 0 aliphatic heterocycles. The zero-order chi connectivity index (χ0) is 10.9. The Morgan fingerprint density at radius 3 is 2.43 bits per heavy atom. The van der Waals surface area contributed by atoms with Crippen molar-refractivity contribution in [3.05, 3.63) is 26.6 Å². The van der Waals surface area contributed by atoms with Crippen molar-refractivity contribution in [1.29, 1.82) is 0 Å². The number of rotatable bonds is 1. The van der Waals surface area contributed by atoms with E-state index >= 15 is 0 Å². The zero-order valence-corrected chi connectivity index (χ0v) is 7.80. The van der Waals surface area contributed by atoms with E-state index in [4.69, 9.17) is 23.2 Å². The van der Waals surface area contributed by atoms with Gasteiger partial charge in [-0.15, -0.1) is 13.2 Å². The zero-order valence-electron chi connectivity index (χ0n) is 6.28. The normalized spacial score (nSPS) is 11.5. The predicted molar refractivity (Wildman–Crippen MR) is 43.8 cm³/mol. The van der Waals surface area contributed by atoms with Crippen LogP contribution in [0.4, 0.5) is 13.2 Å². The molecule has 8 heteroatoms. The van der Waals surface area contributed by atoms with Crippen LogP contribution in [0.3, 0.4) is 0 Å². The molecule has 0 saturated carbocycles. The van der Waals surface area contributed by atoms with Crippen LogP contribution in [0.25, 0.3) is 0 Å². The molecule has 0 radical (unpaired) electrons. The number of pyridine rings is 1. The fraction of sp³-hybridized carbons (Fsp3) is 0.167. The Morgan fingerprint density at radius 1 is 1.36 bits per heavy atom. The molecule has 0 aromatic carbocycles. The minimum atomic E-state index is -4.94. The average Bonchev–Trinajstić information content (AvgIpc) is 2.04. The average molecular weight is 248 g/mol. The van der Waals surface area contributed by atoms with E-state index in [0.29, 0.717) is 6.20 Å². The number of aromatic amines is 1. The summed E-state index contributed by atoms with van der Waals surface area (Å²) in [6.45, 7) is 0. The monoisotopic (exact) mass is 247 g/mol. The highest BCUT2D eigenvalue weighted by Crippen LogP contribution is 2.22. The topological polar surface area (TPSA) is 42.1 Å². The van der Waals surface area contributed by atoms with Crippen molar-refractivity contribution in [1.82, 2.24) is 4.98 Å². The molecule has 0 unspecified atom stereocenters. The summed E-state index contributed by atoms with van der Waals surface area (Å²) in [4.78, 5) is 13.1. The maximum atomic E-state index is 11.7. The summed E-state index contributed by atoms with van der Waals surface area (Å²) in [5, 5.41) is -0.792. The van der Waals surface area contributed by atoms with Gasteiger partial charge >= 0.3 is 6.36 Å². The standard InChI is InChI=1S/C6H2Cl2F3NO2/c7-3-4(13)2(1-12-5(3)8)14-6(9,10)11/h1H,(H,12,13). The summed E-state index contributed by atoms with van der Waals surface area (Å²) in [5.74, 6) is -0.952. The second kappa shape index (κ2) is 3.70. The molecule has 78 valence electrons. The van der Waals surface area contributed by atoms with Gasteiger partial charge in [-0.2, -0.15) is 0 Å². The molecule has 0 amide bonds. The van der Waals surface area contributed by atoms with Crippen molar-refractivity contribution in [2.75, 3.05) is 0 Å². The summed E-state index contributed by atoms with van der Waals surface area (Å²) >= 11 is 10.6. The second-order valence-corrected chi connectivity index (χ2v) is 2.91. The SMILES string of the molecule is O=c1c(OC(F)(F)F)c[nH]c(Cl)c1Cl. The van der Waals surface area contributed by atoms with Crippen LogP contribution in [-0.4, -0.2) is 11.3 Å². The molecule has 0 aliphatic carbocycles. The van der Waals surface area contributed by atoms with Crippen LogP contribution in [0.2, 0.25) is 10.2 Å². The van der Waals surface area contributed by atoms with Gasteiger partial charge in [0.05, 0.1) is 0 Å². The molecular formula is C6H2Cl2F3NO2. The molecule has 0 atom stereocenters. The first-order valence-corrected chi connectivity index (χ1v) is 3.89. The van der Waals surface area contributed by atoms with Crippen LogP contribution >= 0.6 is 23.2 Å². The van der Waals surface area contributed by atoms with Crippen LogP contribution in [0.1, 0.15) is 0 Å². The highest BCUT2D eigenvalue weighted by atomic mass is 35.5. The van der Waals surface area contributed by atoms with E-state index in [1.54, 1.807) is 0 Å². The molecule has 1 heterocycles. The number of halogens is 5. The van der Waals surface area contributed by atoms with Gasteiger partial charge in [-0.25, -0.2) is 0 Å². The van der Waals surface area contributed by atoms with E-state index < -0.39 is 22.6 Å². The number of nitrogens with one attached hydrogen (secondary N) is 1. The Bertz CT molecular complexity index is 401. The largest absolute Gasteiger partial charge is 0.573 e. The lowest BCUT2D eigenvalue weighted by Gasteiger charge is -2.07. The highest BCUT2D eigenvalue weighted by Gasteiger charge is 2.32. The summed E-state index contributed by atoms with van der Waals surface area (Å²) in [5.41, 5.74) is -1.12. The molecule has 0 aliphatic rings. The third kappa shape index (κ3) is 2.55. The third-order valence-electron chi connectivity index (χ3n) is 1.17. The number of ether oxygens (including phenoxy) is 1. The molecular weight excluding hydrogens is 246 g/mol. The number of hydrogen-bond acceptors (Lipinski definition) is 2. The van der Waals surface area contributed by atoms with E-state index in [-0.39, 0.29) is 5.15 Å². The first-order chi connectivity index (χ1) is 6.31. The summed E-state index contributed by atoms with van der Waals surface area (Å²) in [6, 6.07) is 0. The quantitative estimate of drug-likeness (QED) is 0.776. The smallest absolute Gasteiger partial charge is 0.400 e. The van der Waals surface area contributed by atoms with E-state index in [9.17, 15) is 18.0 Å². The number of aromatic nitrogens is 1. The van der Waals surface area contributed by atoms with Crippen LogP contribution in [0.15, 0.2) is 11.0 Å². The van der Waals surface area contributed by atoms with Crippen molar-refractivity contribution in [3.63, 3.8) is 0 Å². The van der Waals surface area contributed by atoms with Crippen molar-refractivity contribution in [2.45, 2.75) is 6.36 Å². The maximum Gasteiger partial charge on any atom is 0.573 e. The molecule has 0 saturated heterocycles. The Balaban J connectivity index is 3.13. The van der Waals surface area contributed by atoms with Crippen molar-refractivity contribution < 1.29 is 17.9 Å². The summed E-state index contributed by atoms with van der Waals surface area (Å²) in [7, 11) is 0. The van der Waals surface area contributed by atoms with Gasteiger partial charge in [-0.05, 0) is 0 Å². The first-order valence-electron chi connectivity index (χ1n) is 3.13. The lowest BCUT2D eigenvalue weighted by molar-refractivity contribution is -0.275. The lowest BCUT2D eigenvalue weighted by Crippen LogP contribution is -2.22. The second-order valence-electron chi connectivity index (χ2n) is 2.16. The van der Waals surface area contributed by atoms with Gasteiger partial charge in [0.25, 0.3) is 0 Å². The number of alkyl halides is 3.